The van der Waals surface area contributed by atoms with Crippen molar-refractivity contribution in [2.75, 3.05) is 19.6 Å². The van der Waals surface area contributed by atoms with Gasteiger partial charge in [0.05, 0.1) is 17.6 Å². The molecule has 1 saturated heterocycles. The van der Waals surface area contributed by atoms with Gasteiger partial charge >= 0.3 is 0 Å². The molecule has 2 fully saturated rings. The van der Waals surface area contributed by atoms with Gasteiger partial charge in [0.2, 0.25) is 5.91 Å². The van der Waals surface area contributed by atoms with Crippen molar-refractivity contribution in [3.05, 3.63) is 40.1 Å². The molecule has 2 aromatic rings. The molecule has 1 amide bonds. The standard InChI is InChI=1S/C20H26N4OS/c25-19(15-3-1-4-15)24-9-6-17-18(22-14-21-17)20(24)7-10-23(11-8-20)13-16-5-2-12-26-16/h2,5,12,14-15H,1,3-4,6-11,13H2,(H,21,22). The number of rotatable bonds is 3. The monoisotopic (exact) mass is 370 g/mol. The number of nitrogens with one attached hydrogen (secondary N) is 1. The first kappa shape index (κ1) is 16.5. The lowest BCUT2D eigenvalue weighted by Gasteiger charge is -2.52. The molecule has 4 heterocycles. The lowest BCUT2D eigenvalue weighted by atomic mass is 9.76. The summed E-state index contributed by atoms with van der Waals surface area (Å²) in [6.45, 7) is 3.92. The average molecular weight is 371 g/mol. The van der Waals surface area contributed by atoms with Crippen LogP contribution >= 0.6 is 11.3 Å². The van der Waals surface area contributed by atoms with Crippen LogP contribution in [-0.2, 0) is 23.3 Å². The Morgan fingerprint density at radius 2 is 2.15 bits per heavy atom. The largest absolute Gasteiger partial charge is 0.348 e. The number of hydrogen-bond donors (Lipinski definition) is 1. The summed E-state index contributed by atoms with van der Waals surface area (Å²) >= 11 is 1.83. The second-order valence-electron chi connectivity index (χ2n) is 7.98. The number of imidazole rings is 1. The Hall–Kier alpha value is -1.66. The molecule has 2 aliphatic heterocycles. The van der Waals surface area contributed by atoms with Gasteiger partial charge in [-0.25, -0.2) is 4.98 Å². The molecule has 0 unspecified atom stereocenters. The topological polar surface area (TPSA) is 52.2 Å². The summed E-state index contributed by atoms with van der Waals surface area (Å²) in [5.74, 6) is 0.646. The van der Waals surface area contributed by atoms with Gasteiger partial charge < -0.3 is 9.88 Å². The van der Waals surface area contributed by atoms with Crippen molar-refractivity contribution in [3.63, 3.8) is 0 Å². The van der Waals surface area contributed by atoms with Crippen LogP contribution in [0.5, 0.6) is 0 Å². The number of carbonyl (C=O) groups excluding carboxylic acids is 1. The van der Waals surface area contributed by atoms with E-state index in [4.69, 9.17) is 4.98 Å². The summed E-state index contributed by atoms with van der Waals surface area (Å²) in [5, 5.41) is 2.15. The maximum atomic E-state index is 13.2. The van der Waals surface area contributed by atoms with E-state index < -0.39 is 0 Å². The van der Waals surface area contributed by atoms with Gasteiger partial charge in [-0.3, -0.25) is 9.69 Å². The smallest absolute Gasteiger partial charge is 0.226 e. The SMILES string of the molecule is O=C(C1CCC1)N1CCc2[nH]cnc2C12CCN(Cc1cccs1)CC2. The van der Waals surface area contributed by atoms with Gasteiger partial charge in [-0.1, -0.05) is 12.5 Å². The predicted molar refractivity (Wildman–Crippen MR) is 102 cm³/mol. The molecule has 0 atom stereocenters. The number of H-pyrrole nitrogens is 1. The van der Waals surface area contributed by atoms with Gasteiger partial charge in [0.25, 0.3) is 0 Å². The molecule has 2 aromatic heterocycles. The van der Waals surface area contributed by atoms with E-state index in [1.165, 1.54) is 17.0 Å². The molecule has 6 heteroatoms. The number of fused-ring (bicyclic) bond motifs is 2. The molecular weight excluding hydrogens is 344 g/mol. The quantitative estimate of drug-likeness (QED) is 0.903. The molecule has 1 N–H and O–H groups in total. The molecule has 5 rings (SSSR count). The van der Waals surface area contributed by atoms with Crippen LogP contribution in [0.2, 0.25) is 0 Å². The van der Waals surface area contributed by atoms with Crippen LogP contribution in [-0.4, -0.2) is 45.3 Å². The summed E-state index contributed by atoms with van der Waals surface area (Å²) in [5.41, 5.74) is 2.20. The number of hydrogen-bond acceptors (Lipinski definition) is 4. The van der Waals surface area contributed by atoms with Crippen molar-refractivity contribution in [2.24, 2.45) is 5.92 Å². The maximum absolute atomic E-state index is 13.2. The van der Waals surface area contributed by atoms with E-state index in [9.17, 15) is 4.79 Å². The highest BCUT2D eigenvalue weighted by Crippen LogP contribution is 2.44. The lowest BCUT2D eigenvalue weighted by Crippen LogP contribution is -2.59. The van der Waals surface area contributed by atoms with Crippen LogP contribution in [0.25, 0.3) is 0 Å². The van der Waals surface area contributed by atoms with Crippen molar-refractivity contribution in [1.29, 1.82) is 0 Å². The fourth-order valence-electron chi connectivity index (χ4n) is 4.89. The Bertz CT molecular complexity index is 772. The normalized spacial score (nSPS) is 23.0. The number of nitrogens with zero attached hydrogens (tertiary/aromatic N) is 3. The van der Waals surface area contributed by atoms with Crippen LogP contribution in [0.3, 0.4) is 0 Å². The van der Waals surface area contributed by atoms with Gasteiger partial charge in [0.1, 0.15) is 0 Å². The van der Waals surface area contributed by atoms with Crippen molar-refractivity contribution in [2.45, 2.75) is 50.6 Å². The molecule has 0 aromatic carbocycles. The summed E-state index contributed by atoms with van der Waals surface area (Å²) in [7, 11) is 0. The van der Waals surface area contributed by atoms with Crippen molar-refractivity contribution >= 4 is 17.2 Å². The molecule has 26 heavy (non-hydrogen) atoms. The highest BCUT2D eigenvalue weighted by atomic mass is 32.1. The third-order valence-corrected chi connectivity index (χ3v) is 7.49. The molecule has 1 spiro atoms. The lowest BCUT2D eigenvalue weighted by molar-refractivity contribution is -0.149. The number of likely N-dealkylation sites (tertiary alicyclic amines) is 1. The zero-order valence-electron chi connectivity index (χ0n) is 15.1. The van der Waals surface area contributed by atoms with E-state index in [0.717, 1.165) is 64.0 Å². The molecule has 1 saturated carbocycles. The number of piperidine rings is 1. The van der Waals surface area contributed by atoms with E-state index in [-0.39, 0.29) is 11.5 Å². The van der Waals surface area contributed by atoms with Crippen LogP contribution in [0.4, 0.5) is 0 Å². The summed E-state index contributed by atoms with van der Waals surface area (Å²) < 4.78 is 0. The molecule has 1 aliphatic carbocycles. The summed E-state index contributed by atoms with van der Waals surface area (Å²) in [6.07, 6.45) is 8.08. The molecule has 0 radical (unpaired) electrons. The van der Waals surface area contributed by atoms with E-state index in [1.54, 1.807) is 0 Å². The first-order valence-electron chi connectivity index (χ1n) is 9.85. The molecular formula is C20H26N4OS. The Balaban J connectivity index is 1.39. The van der Waals surface area contributed by atoms with Crippen molar-refractivity contribution in [1.82, 2.24) is 19.8 Å². The number of amides is 1. The molecule has 5 nitrogen and oxygen atoms in total. The fourth-order valence-corrected chi connectivity index (χ4v) is 5.63. The maximum Gasteiger partial charge on any atom is 0.226 e. The van der Waals surface area contributed by atoms with Gasteiger partial charge in [0.15, 0.2) is 0 Å². The Labute approximate surface area is 158 Å². The van der Waals surface area contributed by atoms with Gasteiger partial charge in [0, 0.05) is 49.1 Å². The number of thiophene rings is 1. The third kappa shape index (κ3) is 2.62. The minimum Gasteiger partial charge on any atom is -0.348 e. The third-order valence-electron chi connectivity index (χ3n) is 6.62. The number of aromatic nitrogens is 2. The first-order valence-corrected chi connectivity index (χ1v) is 10.7. The molecule has 3 aliphatic rings. The van der Waals surface area contributed by atoms with E-state index in [1.807, 2.05) is 17.7 Å². The van der Waals surface area contributed by atoms with Gasteiger partial charge in [-0.15, -0.1) is 11.3 Å². The van der Waals surface area contributed by atoms with E-state index in [2.05, 4.69) is 32.3 Å². The van der Waals surface area contributed by atoms with Crippen LogP contribution in [0.15, 0.2) is 23.8 Å². The minimum absolute atomic E-state index is 0.188. The average Bonchev–Trinajstić information content (AvgIpc) is 3.27. The van der Waals surface area contributed by atoms with Crippen LogP contribution in [0, 0.1) is 5.92 Å². The number of aromatic amines is 1. The summed E-state index contributed by atoms with van der Waals surface area (Å²) in [4.78, 5) is 27.4. The van der Waals surface area contributed by atoms with Gasteiger partial charge in [-0.05, 0) is 37.1 Å². The van der Waals surface area contributed by atoms with Crippen molar-refractivity contribution < 1.29 is 4.79 Å². The second kappa shape index (κ2) is 6.50. The zero-order valence-corrected chi connectivity index (χ0v) is 15.9. The van der Waals surface area contributed by atoms with Crippen LogP contribution < -0.4 is 0 Å². The Morgan fingerprint density at radius 3 is 2.85 bits per heavy atom. The summed E-state index contributed by atoms with van der Waals surface area (Å²) in [6, 6.07) is 4.34. The molecule has 0 bridgehead atoms. The van der Waals surface area contributed by atoms with E-state index in [0.29, 0.717) is 5.91 Å². The van der Waals surface area contributed by atoms with E-state index >= 15 is 0 Å². The highest BCUT2D eigenvalue weighted by Gasteiger charge is 2.50. The highest BCUT2D eigenvalue weighted by molar-refractivity contribution is 7.09. The predicted octanol–water partition coefficient (Wildman–Crippen LogP) is 3.15. The molecule has 138 valence electrons. The first-order chi connectivity index (χ1) is 12.8. The Kier molecular flexibility index (Phi) is 4.13. The van der Waals surface area contributed by atoms with Gasteiger partial charge in [-0.2, -0.15) is 0 Å². The second-order valence-corrected chi connectivity index (χ2v) is 9.02. The van der Waals surface area contributed by atoms with Crippen molar-refractivity contribution in [3.8, 4) is 0 Å². The Morgan fingerprint density at radius 1 is 1.31 bits per heavy atom. The minimum atomic E-state index is -0.188. The van der Waals surface area contributed by atoms with Crippen LogP contribution in [0.1, 0.15) is 48.4 Å². The zero-order chi connectivity index (χ0) is 17.6. The number of carbonyl (C=O) groups is 1. The fraction of sp³-hybridized carbons (Fsp3) is 0.600.